The molecule has 0 unspecified atom stereocenters. The van der Waals surface area contributed by atoms with Gasteiger partial charge >= 0.3 is 0 Å². The third kappa shape index (κ3) is 3.63. The Hall–Kier alpha value is -1.40. The van der Waals surface area contributed by atoms with Crippen LogP contribution >= 0.6 is 0 Å². The Morgan fingerprint density at radius 1 is 1.33 bits per heavy atom. The van der Waals surface area contributed by atoms with E-state index in [-0.39, 0.29) is 16.7 Å². The molecule has 5 nitrogen and oxygen atoms in total. The molecule has 0 aromatic heterocycles. The van der Waals surface area contributed by atoms with Gasteiger partial charge in [-0.25, -0.2) is 13.1 Å². The van der Waals surface area contributed by atoms with Crippen molar-refractivity contribution >= 4 is 21.6 Å². The second-order valence-corrected chi connectivity index (χ2v) is 7.58. The predicted molar refractivity (Wildman–Crippen MR) is 82.8 cm³/mol. The SMILES string of the molecule is Cc1cc(N2CCCC2=O)ccc1S(=O)(=O)NCC(C)C. The zero-order valence-electron chi connectivity index (χ0n) is 12.7. The van der Waals surface area contributed by atoms with Gasteiger partial charge in [0, 0.05) is 25.2 Å². The van der Waals surface area contributed by atoms with Crippen LogP contribution in [0.4, 0.5) is 5.69 Å². The van der Waals surface area contributed by atoms with Gasteiger partial charge in [-0.1, -0.05) is 13.8 Å². The van der Waals surface area contributed by atoms with E-state index in [1.54, 1.807) is 30.0 Å². The first-order valence-electron chi connectivity index (χ1n) is 7.22. The van der Waals surface area contributed by atoms with Gasteiger partial charge in [-0.15, -0.1) is 0 Å². The normalized spacial score (nSPS) is 16.0. The van der Waals surface area contributed by atoms with E-state index in [0.29, 0.717) is 25.1 Å². The lowest BCUT2D eigenvalue weighted by Crippen LogP contribution is -2.28. The Bertz CT molecular complexity index is 638. The zero-order chi connectivity index (χ0) is 15.6. The Balaban J connectivity index is 2.25. The van der Waals surface area contributed by atoms with Crippen molar-refractivity contribution in [3.63, 3.8) is 0 Å². The summed E-state index contributed by atoms with van der Waals surface area (Å²) >= 11 is 0. The number of sulfonamides is 1. The van der Waals surface area contributed by atoms with Gasteiger partial charge in [-0.2, -0.15) is 0 Å². The summed E-state index contributed by atoms with van der Waals surface area (Å²) in [5.41, 5.74) is 1.43. The molecule has 6 heteroatoms. The van der Waals surface area contributed by atoms with Crippen molar-refractivity contribution < 1.29 is 13.2 Å². The number of anilines is 1. The highest BCUT2D eigenvalue weighted by atomic mass is 32.2. The standard InChI is InChI=1S/C15H22N2O3S/c1-11(2)10-16-21(19,20)14-7-6-13(9-12(14)3)17-8-4-5-15(17)18/h6-7,9,11,16H,4-5,8,10H2,1-3H3. The van der Waals surface area contributed by atoms with Gasteiger partial charge < -0.3 is 4.90 Å². The summed E-state index contributed by atoms with van der Waals surface area (Å²) in [5.74, 6) is 0.351. The molecule has 0 aliphatic carbocycles. The van der Waals surface area contributed by atoms with Crippen LogP contribution in [0.3, 0.4) is 0 Å². The largest absolute Gasteiger partial charge is 0.312 e. The van der Waals surface area contributed by atoms with Crippen LogP contribution in [-0.4, -0.2) is 27.4 Å². The summed E-state index contributed by atoms with van der Waals surface area (Å²) in [6.07, 6.45) is 1.42. The van der Waals surface area contributed by atoms with E-state index in [4.69, 9.17) is 0 Å². The molecule has 0 bridgehead atoms. The van der Waals surface area contributed by atoms with E-state index in [0.717, 1.165) is 12.1 Å². The van der Waals surface area contributed by atoms with Gasteiger partial charge in [0.2, 0.25) is 15.9 Å². The molecule has 1 amide bonds. The molecule has 1 aliphatic rings. The molecular weight excluding hydrogens is 288 g/mol. The van der Waals surface area contributed by atoms with E-state index in [1.165, 1.54) is 0 Å². The van der Waals surface area contributed by atoms with E-state index in [9.17, 15) is 13.2 Å². The lowest BCUT2D eigenvalue weighted by atomic mass is 10.2. The maximum absolute atomic E-state index is 12.3. The minimum Gasteiger partial charge on any atom is -0.312 e. The van der Waals surface area contributed by atoms with Gasteiger partial charge in [0.15, 0.2) is 0 Å². The average molecular weight is 310 g/mol. The number of hydrogen-bond donors (Lipinski definition) is 1. The highest BCUT2D eigenvalue weighted by molar-refractivity contribution is 7.89. The Morgan fingerprint density at radius 3 is 2.57 bits per heavy atom. The molecular formula is C15H22N2O3S. The molecule has 0 saturated carbocycles. The van der Waals surface area contributed by atoms with Crippen LogP contribution < -0.4 is 9.62 Å². The van der Waals surface area contributed by atoms with Gasteiger partial charge in [-0.3, -0.25) is 4.79 Å². The fourth-order valence-electron chi connectivity index (χ4n) is 2.38. The Kier molecular flexibility index (Phi) is 4.68. The van der Waals surface area contributed by atoms with Crippen molar-refractivity contribution in [1.82, 2.24) is 4.72 Å². The van der Waals surface area contributed by atoms with Crippen LogP contribution in [0, 0.1) is 12.8 Å². The third-order valence-electron chi connectivity index (χ3n) is 3.51. The van der Waals surface area contributed by atoms with Crippen molar-refractivity contribution in [2.24, 2.45) is 5.92 Å². The number of nitrogens with one attached hydrogen (secondary N) is 1. The number of benzene rings is 1. The molecule has 1 heterocycles. The lowest BCUT2D eigenvalue weighted by Gasteiger charge is -2.18. The van der Waals surface area contributed by atoms with Crippen molar-refractivity contribution in [2.75, 3.05) is 18.0 Å². The summed E-state index contributed by atoms with van der Waals surface area (Å²) in [6, 6.07) is 5.06. The number of carbonyl (C=O) groups is 1. The van der Waals surface area contributed by atoms with Crippen LogP contribution in [-0.2, 0) is 14.8 Å². The molecule has 1 aromatic rings. The first-order valence-corrected chi connectivity index (χ1v) is 8.70. The van der Waals surface area contributed by atoms with Crippen LogP contribution in [0.2, 0.25) is 0 Å². The zero-order valence-corrected chi connectivity index (χ0v) is 13.5. The van der Waals surface area contributed by atoms with E-state index >= 15 is 0 Å². The average Bonchev–Trinajstić information content (AvgIpc) is 2.82. The first kappa shape index (κ1) is 16.0. The fourth-order valence-corrected chi connectivity index (χ4v) is 3.82. The third-order valence-corrected chi connectivity index (χ3v) is 5.10. The van der Waals surface area contributed by atoms with Crippen molar-refractivity contribution in [3.05, 3.63) is 23.8 Å². The highest BCUT2D eigenvalue weighted by Crippen LogP contribution is 2.25. The van der Waals surface area contributed by atoms with Gasteiger partial charge in [0.05, 0.1) is 4.90 Å². The summed E-state index contributed by atoms with van der Waals surface area (Å²) in [5, 5.41) is 0. The molecule has 1 aliphatic heterocycles. The summed E-state index contributed by atoms with van der Waals surface area (Å²) in [6.45, 7) is 6.78. The predicted octanol–water partition coefficient (Wildman–Crippen LogP) is 2.06. The number of carbonyl (C=O) groups excluding carboxylic acids is 1. The molecule has 21 heavy (non-hydrogen) atoms. The molecule has 116 valence electrons. The first-order chi connectivity index (χ1) is 9.81. The maximum Gasteiger partial charge on any atom is 0.240 e. The van der Waals surface area contributed by atoms with Gasteiger partial charge in [-0.05, 0) is 43.0 Å². The highest BCUT2D eigenvalue weighted by Gasteiger charge is 2.23. The smallest absolute Gasteiger partial charge is 0.240 e. The quantitative estimate of drug-likeness (QED) is 0.905. The fraction of sp³-hybridized carbons (Fsp3) is 0.533. The second kappa shape index (κ2) is 6.15. The number of nitrogens with zero attached hydrogens (tertiary/aromatic N) is 1. The van der Waals surface area contributed by atoms with Crippen molar-refractivity contribution in [1.29, 1.82) is 0 Å². The molecule has 2 rings (SSSR count). The van der Waals surface area contributed by atoms with E-state index < -0.39 is 10.0 Å². The maximum atomic E-state index is 12.3. The van der Waals surface area contributed by atoms with Crippen LogP contribution in [0.1, 0.15) is 32.3 Å². The number of amides is 1. The van der Waals surface area contributed by atoms with Gasteiger partial charge in [0.1, 0.15) is 0 Å². The molecule has 1 fully saturated rings. The van der Waals surface area contributed by atoms with Crippen molar-refractivity contribution in [3.8, 4) is 0 Å². The molecule has 0 spiro atoms. The number of rotatable bonds is 5. The van der Waals surface area contributed by atoms with Crippen molar-refractivity contribution in [2.45, 2.75) is 38.5 Å². The van der Waals surface area contributed by atoms with Crippen LogP contribution in [0.25, 0.3) is 0 Å². The van der Waals surface area contributed by atoms with E-state index in [2.05, 4.69) is 4.72 Å². The topological polar surface area (TPSA) is 66.5 Å². The minimum absolute atomic E-state index is 0.0999. The van der Waals surface area contributed by atoms with Crippen LogP contribution in [0.15, 0.2) is 23.1 Å². The molecule has 1 saturated heterocycles. The Morgan fingerprint density at radius 2 is 2.05 bits per heavy atom. The number of hydrogen-bond acceptors (Lipinski definition) is 3. The molecule has 0 atom stereocenters. The minimum atomic E-state index is -3.49. The summed E-state index contributed by atoms with van der Waals surface area (Å²) < 4.78 is 27.1. The second-order valence-electron chi connectivity index (χ2n) is 5.84. The number of aryl methyl sites for hydroxylation is 1. The Labute approximate surface area is 126 Å². The summed E-state index contributed by atoms with van der Waals surface area (Å²) in [4.78, 5) is 13.7. The summed E-state index contributed by atoms with van der Waals surface area (Å²) in [7, 11) is -3.49. The molecule has 1 aromatic carbocycles. The van der Waals surface area contributed by atoms with Crippen LogP contribution in [0.5, 0.6) is 0 Å². The van der Waals surface area contributed by atoms with Gasteiger partial charge in [0.25, 0.3) is 0 Å². The molecule has 1 N–H and O–H groups in total. The van der Waals surface area contributed by atoms with E-state index in [1.807, 2.05) is 13.8 Å². The lowest BCUT2D eigenvalue weighted by molar-refractivity contribution is -0.117. The monoisotopic (exact) mass is 310 g/mol. The molecule has 0 radical (unpaired) electrons.